The molecular formula is C48H53N. The molecule has 9 aliphatic rings. The average Bonchev–Trinajstić information content (AvgIpc) is 3.53. The van der Waals surface area contributed by atoms with Gasteiger partial charge in [0.25, 0.3) is 0 Å². The molecule has 0 fully saturated rings. The lowest BCUT2D eigenvalue weighted by molar-refractivity contribution is 0.209. The fraction of sp³-hybridized carbons (Fsp3) is 0.458. The van der Waals surface area contributed by atoms with Crippen molar-refractivity contribution in [3.8, 4) is 0 Å². The summed E-state index contributed by atoms with van der Waals surface area (Å²) >= 11 is 0. The average molecular weight is 644 g/mol. The molecule has 1 aromatic carbocycles. The Morgan fingerprint density at radius 2 is 1.57 bits per heavy atom. The van der Waals surface area contributed by atoms with Gasteiger partial charge in [-0.2, -0.15) is 0 Å². The van der Waals surface area contributed by atoms with Crippen LogP contribution in [0.15, 0.2) is 142 Å². The van der Waals surface area contributed by atoms with E-state index in [9.17, 15) is 0 Å². The van der Waals surface area contributed by atoms with Crippen molar-refractivity contribution in [3.63, 3.8) is 0 Å². The van der Waals surface area contributed by atoms with Crippen molar-refractivity contribution in [3.05, 3.63) is 153 Å². The number of benzene rings is 1. The minimum absolute atomic E-state index is 0.516. The highest BCUT2D eigenvalue weighted by Gasteiger charge is 2.47. The quantitative estimate of drug-likeness (QED) is 0.295. The molecular weight excluding hydrogens is 591 g/mol. The molecule has 1 nitrogen and oxygen atoms in total. The molecule has 7 atom stereocenters. The van der Waals surface area contributed by atoms with Crippen molar-refractivity contribution in [1.29, 1.82) is 0 Å². The van der Waals surface area contributed by atoms with E-state index in [-0.39, 0.29) is 0 Å². The number of hydrogen-bond acceptors (Lipinski definition) is 1. The van der Waals surface area contributed by atoms with Crippen molar-refractivity contribution in [2.24, 2.45) is 23.7 Å². The smallest absolute Gasteiger partial charge is 0.0443 e. The maximum absolute atomic E-state index is 2.94. The first kappa shape index (κ1) is 30.3. The van der Waals surface area contributed by atoms with E-state index in [2.05, 4.69) is 102 Å². The lowest BCUT2D eigenvalue weighted by Gasteiger charge is -2.47. The highest BCUT2D eigenvalue weighted by Crippen LogP contribution is 2.58. The van der Waals surface area contributed by atoms with Crippen molar-refractivity contribution >= 4 is 0 Å². The van der Waals surface area contributed by atoms with E-state index in [1.165, 1.54) is 101 Å². The molecule has 0 N–H and O–H groups in total. The van der Waals surface area contributed by atoms with E-state index in [0.29, 0.717) is 29.7 Å². The van der Waals surface area contributed by atoms with Crippen LogP contribution in [0.3, 0.4) is 0 Å². The maximum Gasteiger partial charge on any atom is 0.0443 e. The number of nitrogens with zero attached hydrogens (tertiary/aromatic N) is 1. The molecule has 0 aromatic heterocycles. The molecule has 8 aliphatic carbocycles. The summed E-state index contributed by atoms with van der Waals surface area (Å²) in [6.07, 6.45) is 49.4. The predicted molar refractivity (Wildman–Crippen MR) is 204 cm³/mol. The van der Waals surface area contributed by atoms with Crippen LogP contribution in [0.2, 0.25) is 0 Å². The van der Waals surface area contributed by atoms with Crippen molar-refractivity contribution in [2.45, 2.75) is 114 Å². The summed E-state index contributed by atoms with van der Waals surface area (Å²) in [6.45, 7) is 0. The summed E-state index contributed by atoms with van der Waals surface area (Å²) in [7, 11) is 0. The van der Waals surface area contributed by atoms with E-state index in [1.54, 1.807) is 44.8 Å². The molecule has 1 aliphatic heterocycles. The van der Waals surface area contributed by atoms with Gasteiger partial charge in [0, 0.05) is 35.2 Å². The first-order valence-corrected chi connectivity index (χ1v) is 20.1. The van der Waals surface area contributed by atoms with Crippen LogP contribution in [0.25, 0.3) is 0 Å². The maximum atomic E-state index is 2.94. The van der Waals surface area contributed by atoms with E-state index < -0.39 is 0 Å². The third kappa shape index (κ3) is 5.16. The molecule has 250 valence electrons. The SMILES string of the molecule is C1=CC(C2=CC(C3=CCCCC3)CC(N3C4=C(C(C5=CCC6c7ccccc7C7C=CCCC7C6C5)=CCC4)C4C=CCCC43)=C2)=CCC1. The minimum Gasteiger partial charge on any atom is -0.344 e. The Labute approximate surface area is 295 Å². The fourth-order valence-corrected chi connectivity index (χ4v) is 11.8. The van der Waals surface area contributed by atoms with Gasteiger partial charge >= 0.3 is 0 Å². The first-order valence-electron chi connectivity index (χ1n) is 20.1. The monoisotopic (exact) mass is 643 g/mol. The largest absolute Gasteiger partial charge is 0.344 e. The van der Waals surface area contributed by atoms with Gasteiger partial charge in [0.05, 0.1) is 0 Å². The second-order valence-corrected chi connectivity index (χ2v) is 16.5. The third-order valence-corrected chi connectivity index (χ3v) is 14.0. The van der Waals surface area contributed by atoms with Crippen LogP contribution in [0, 0.1) is 23.7 Å². The van der Waals surface area contributed by atoms with Crippen LogP contribution >= 0.6 is 0 Å². The molecule has 0 saturated heterocycles. The van der Waals surface area contributed by atoms with E-state index in [4.69, 9.17) is 0 Å². The molecule has 0 amide bonds. The van der Waals surface area contributed by atoms with Crippen LogP contribution < -0.4 is 0 Å². The van der Waals surface area contributed by atoms with Gasteiger partial charge in [-0.3, -0.25) is 0 Å². The Kier molecular flexibility index (Phi) is 7.80. The molecule has 1 heteroatoms. The van der Waals surface area contributed by atoms with Gasteiger partial charge in [0.2, 0.25) is 0 Å². The van der Waals surface area contributed by atoms with Crippen molar-refractivity contribution < 1.29 is 0 Å². The summed E-state index contributed by atoms with van der Waals surface area (Å²) in [5.74, 6) is 3.87. The van der Waals surface area contributed by atoms with Crippen LogP contribution in [0.1, 0.15) is 119 Å². The summed E-state index contributed by atoms with van der Waals surface area (Å²) in [5.41, 5.74) is 16.2. The van der Waals surface area contributed by atoms with Gasteiger partial charge in [-0.1, -0.05) is 96.7 Å². The Bertz CT molecular complexity index is 1840. The molecule has 0 bridgehead atoms. The zero-order valence-electron chi connectivity index (χ0n) is 29.3. The standard InChI is InChI=1S/C48H53N/c1-3-14-32(15-4-1)35-28-36(33-16-5-2-6-17-33)30-37(29-35)49-46-24-12-11-22-44(46)48-38(23-13-25-47(48)49)34-26-27-43-41-20-8-7-18-39(41)40-19-9-10-21-42(40)45(43)31-34/h3,7-9,11,14-16,18-20,22-23,26,28-29,36,40,42-46H,1-2,4-6,10,12-13,17,21,24-25,27,30-31H2. The fourth-order valence-electron chi connectivity index (χ4n) is 11.8. The summed E-state index contributed by atoms with van der Waals surface area (Å²) in [5, 5.41) is 0. The zero-order chi connectivity index (χ0) is 32.3. The van der Waals surface area contributed by atoms with Crippen LogP contribution in [0.5, 0.6) is 0 Å². The first-order chi connectivity index (χ1) is 24.3. The van der Waals surface area contributed by atoms with E-state index in [0.717, 1.165) is 18.3 Å². The summed E-state index contributed by atoms with van der Waals surface area (Å²) < 4.78 is 0. The molecule has 1 aromatic rings. The van der Waals surface area contributed by atoms with Crippen LogP contribution in [-0.2, 0) is 0 Å². The Balaban J connectivity index is 1.03. The summed E-state index contributed by atoms with van der Waals surface area (Å²) in [4.78, 5) is 2.94. The Morgan fingerprint density at radius 3 is 2.45 bits per heavy atom. The number of rotatable bonds is 4. The van der Waals surface area contributed by atoms with Gasteiger partial charge in [0.1, 0.15) is 0 Å². The molecule has 0 radical (unpaired) electrons. The van der Waals surface area contributed by atoms with E-state index in [1.807, 2.05) is 0 Å². The molecule has 0 spiro atoms. The number of fused-ring (bicyclic) bond motifs is 8. The number of hydrogen-bond donors (Lipinski definition) is 0. The minimum atomic E-state index is 0.516. The Morgan fingerprint density at radius 1 is 0.673 bits per heavy atom. The molecule has 7 unspecified atom stereocenters. The lowest BCUT2D eigenvalue weighted by atomic mass is 9.57. The van der Waals surface area contributed by atoms with Crippen LogP contribution in [0.4, 0.5) is 0 Å². The molecule has 10 rings (SSSR count). The predicted octanol–water partition coefficient (Wildman–Crippen LogP) is 12.4. The summed E-state index contributed by atoms with van der Waals surface area (Å²) in [6, 6.07) is 10.0. The molecule has 1 heterocycles. The van der Waals surface area contributed by atoms with Gasteiger partial charge in [0.15, 0.2) is 0 Å². The second kappa shape index (κ2) is 12.6. The zero-order valence-corrected chi connectivity index (χ0v) is 29.3. The molecule has 49 heavy (non-hydrogen) atoms. The Hall–Kier alpha value is -3.58. The third-order valence-electron chi connectivity index (χ3n) is 14.0. The van der Waals surface area contributed by atoms with Crippen molar-refractivity contribution in [1.82, 2.24) is 4.90 Å². The van der Waals surface area contributed by atoms with Gasteiger partial charge in [-0.15, -0.1) is 0 Å². The van der Waals surface area contributed by atoms with Gasteiger partial charge in [-0.25, -0.2) is 0 Å². The highest BCUT2D eigenvalue weighted by atomic mass is 15.2. The van der Waals surface area contributed by atoms with Gasteiger partial charge < -0.3 is 4.90 Å². The molecule has 0 saturated carbocycles. The van der Waals surface area contributed by atoms with Crippen LogP contribution in [-0.4, -0.2) is 10.9 Å². The second-order valence-electron chi connectivity index (χ2n) is 16.5. The normalized spacial score (nSPS) is 34.7. The highest BCUT2D eigenvalue weighted by molar-refractivity contribution is 5.59. The van der Waals surface area contributed by atoms with Gasteiger partial charge in [-0.05, 0) is 159 Å². The lowest BCUT2D eigenvalue weighted by Crippen LogP contribution is -2.36. The topological polar surface area (TPSA) is 3.24 Å². The van der Waals surface area contributed by atoms with Crippen molar-refractivity contribution in [2.75, 3.05) is 0 Å². The van der Waals surface area contributed by atoms with E-state index >= 15 is 0 Å². The number of allylic oxidation sites excluding steroid dienone is 18.